The SMILES string of the molecule is O=C(/C=C/c1cccc(F)c1)N1CCN(CC(=O)N2CCCCCC2)CC1. The summed E-state index contributed by atoms with van der Waals surface area (Å²) in [5.41, 5.74) is 0.671. The van der Waals surface area contributed by atoms with Gasteiger partial charge in [0.2, 0.25) is 11.8 Å². The number of carbonyl (C=O) groups is 2. The molecule has 6 heteroatoms. The van der Waals surface area contributed by atoms with Gasteiger partial charge in [-0.1, -0.05) is 25.0 Å². The van der Waals surface area contributed by atoms with Gasteiger partial charge in [-0.05, 0) is 36.6 Å². The van der Waals surface area contributed by atoms with Crippen LogP contribution in [0.25, 0.3) is 6.08 Å². The monoisotopic (exact) mass is 373 g/mol. The van der Waals surface area contributed by atoms with Crippen LogP contribution in [0.4, 0.5) is 4.39 Å². The minimum atomic E-state index is -0.313. The molecule has 2 heterocycles. The van der Waals surface area contributed by atoms with Gasteiger partial charge in [0.15, 0.2) is 0 Å². The molecule has 0 unspecified atom stereocenters. The van der Waals surface area contributed by atoms with Crippen LogP contribution >= 0.6 is 0 Å². The fraction of sp³-hybridized carbons (Fsp3) is 0.524. The zero-order valence-electron chi connectivity index (χ0n) is 15.8. The number of amides is 2. The molecule has 2 aliphatic heterocycles. The lowest BCUT2D eigenvalue weighted by molar-refractivity contribution is -0.133. The summed E-state index contributed by atoms with van der Waals surface area (Å²) in [5, 5.41) is 0. The molecule has 0 saturated carbocycles. The van der Waals surface area contributed by atoms with Crippen molar-refractivity contribution in [1.29, 1.82) is 0 Å². The van der Waals surface area contributed by atoms with E-state index in [1.165, 1.54) is 31.1 Å². The van der Waals surface area contributed by atoms with Crippen molar-refractivity contribution in [2.45, 2.75) is 25.7 Å². The molecule has 27 heavy (non-hydrogen) atoms. The van der Waals surface area contributed by atoms with Crippen molar-refractivity contribution in [3.63, 3.8) is 0 Å². The Labute approximate surface area is 160 Å². The molecular weight excluding hydrogens is 345 g/mol. The molecule has 2 amide bonds. The number of likely N-dealkylation sites (tertiary alicyclic amines) is 1. The molecule has 0 bridgehead atoms. The molecule has 0 aromatic heterocycles. The van der Waals surface area contributed by atoms with Crippen LogP contribution in [0.3, 0.4) is 0 Å². The Hall–Kier alpha value is -2.21. The molecule has 1 aromatic rings. The fourth-order valence-corrected chi connectivity index (χ4v) is 3.62. The fourth-order valence-electron chi connectivity index (χ4n) is 3.62. The van der Waals surface area contributed by atoms with E-state index in [0.29, 0.717) is 38.3 Å². The van der Waals surface area contributed by atoms with Gasteiger partial charge < -0.3 is 9.80 Å². The molecule has 0 aliphatic carbocycles. The zero-order valence-corrected chi connectivity index (χ0v) is 15.8. The molecule has 3 rings (SSSR count). The highest BCUT2D eigenvalue weighted by Crippen LogP contribution is 2.11. The molecular formula is C21H28FN3O2. The van der Waals surface area contributed by atoms with Crippen LogP contribution in [0.1, 0.15) is 31.2 Å². The molecule has 2 saturated heterocycles. The van der Waals surface area contributed by atoms with Gasteiger partial charge in [-0.3, -0.25) is 14.5 Å². The van der Waals surface area contributed by atoms with Crippen molar-refractivity contribution in [1.82, 2.24) is 14.7 Å². The third kappa shape index (κ3) is 5.89. The molecule has 0 spiro atoms. The molecule has 2 aliphatic rings. The van der Waals surface area contributed by atoms with E-state index < -0.39 is 0 Å². The number of hydrogen-bond donors (Lipinski definition) is 0. The second kappa shape index (κ2) is 9.65. The van der Waals surface area contributed by atoms with Crippen molar-refractivity contribution in [3.8, 4) is 0 Å². The van der Waals surface area contributed by atoms with E-state index in [1.807, 2.05) is 4.90 Å². The topological polar surface area (TPSA) is 43.9 Å². The summed E-state index contributed by atoms with van der Waals surface area (Å²) in [7, 11) is 0. The largest absolute Gasteiger partial charge is 0.342 e. The third-order valence-electron chi connectivity index (χ3n) is 5.27. The van der Waals surface area contributed by atoms with Gasteiger partial charge in [-0.25, -0.2) is 4.39 Å². The van der Waals surface area contributed by atoms with Crippen molar-refractivity contribution >= 4 is 17.9 Å². The highest BCUT2D eigenvalue weighted by atomic mass is 19.1. The highest BCUT2D eigenvalue weighted by molar-refractivity contribution is 5.91. The predicted octanol–water partition coefficient (Wildman–Crippen LogP) is 2.39. The van der Waals surface area contributed by atoms with E-state index in [0.717, 1.165) is 25.9 Å². The van der Waals surface area contributed by atoms with Crippen LogP contribution in [0.2, 0.25) is 0 Å². The van der Waals surface area contributed by atoms with Crippen molar-refractivity contribution in [3.05, 3.63) is 41.7 Å². The summed E-state index contributed by atoms with van der Waals surface area (Å²) in [4.78, 5) is 30.7. The lowest BCUT2D eigenvalue weighted by Gasteiger charge is -2.34. The molecule has 146 valence electrons. The van der Waals surface area contributed by atoms with E-state index in [1.54, 1.807) is 23.1 Å². The van der Waals surface area contributed by atoms with Gasteiger partial charge in [-0.2, -0.15) is 0 Å². The third-order valence-corrected chi connectivity index (χ3v) is 5.27. The van der Waals surface area contributed by atoms with Crippen LogP contribution in [-0.4, -0.2) is 72.3 Å². The smallest absolute Gasteiger partial charge is 0.246 e. The van der Waals surface area contributed by atoms with Crippen LogP contribution < -0.4 is 0 Å². The van der Waals surface area contributed by atoms with Crippen molar-refractivity contribution < 1.29 is 14.0 Å². The lowest BCUT2D eigenvalue weighted by atomic mass is 10.2. The Bertz CT molecular complexity index is 676. The quantitative estimate of drug-likeness (QED) is 0.761. The molecule has 1 aromatic carbocycles. The first-order valence-corrected chi connectivity index (χ1v) is 9.84. The summed E-state index contributed by atoms with van der Waals surface area (Å²) in [6.07, 6.45) is 7.77. The highest BCUT2D eigenvalue weighted by Gasteiger charge is 2.23. The maximum Gasteiger partial charge on any atom is 0.246 e. The second-order valence-corrected chi connectivity index (χ2v) is 7.28. The van der Waals surface area contributed by atoms with Crippen LogP contribution in [-0.2, 0) is 9.59 Å². The minimum absolute atomic E-state index is 0.0715. The Morgan fingerprint density at radius 3 is 2.30 bits per heavy atom. The average molecular weight is 373 g/mol. The minimum Gasteiger partial charge on any atom is -0.342 e. The normalized spacial score (nSPS) is 19.3. The average Bonchev–Trinajstić information content (AvgIpc) is 2.96. The summed E-state index contributed by atoms with van der Waals surface area (Å²) in [5.74, 6) is -0.173. The van der Waals surface area contributed by atoms with Gasteiger partial charge in [0, 0.05) is 45.3 Å². The Kier molecular flexibility index (Phi) is 6.98. The van der Waals surface area contributed by atoms with Crippen molar-refractivity contribution in [2.24, 2.45) is 0 Å². The summed E-state index contributed by atoms with van der Waals surface area (Å²) in [6, 6.07) is 6.17. The number of rotatable bonds is 4. The van der Waals surface area contributed by atoms with Gasteiger partial charge in [0.05, 0.1) is 6.54 Å². The summed E-state index contributed by atoms with van der Waals surface area (Å²) >= 11 is 0. The first-order valence-electron chi connectivity index (χ1n) is 9.84. The zero-order chi connectivity index (χ0) is 19.1. The van der Waals surface area contributed by atoms with Crippen LogP contribution in [0.5, 0.6) is 0 Å². The van der Waals surface area contributed by atoms with Gasteiger partial charge in [0.25, 0.3) is 0 Å². The Balaban J connectivity index is 1.44. The van der Waals surface area contributed by atoms with E-state index in [-0.39, 0.29) is 17.6 Å². The van der Waals surface area contributed by atoms with E-state index in [9.17, 15) is 14.0 Å². The first-order chi connectivity index (χ1) is 13.1. The predicted molar refractivity (Wildman–Crippen MR) is 104 cm³/mol. The van der Waals surface area contributed by atoms with Gasteiger partial charge in [-0.15, -0.1) is 0 Å². The van der Waals surface area contributed by atoms with Crippen molar-refractivity contribution in [2.75, 3.05) is 45.8 Å². The maximum atomic E-state index is 13.2. The number of halogens is 1. The van der Waals surface area contributed by atoms with Crippen LogP contribution in [0, 0.1) is 5.82 Å². The van der Waals surface area contributed by atoms with Gasteiger partial charge in [0.1, 0.15) is 5.82 Å². The second-order valence-electron chi connectivity index (χ2n) is 7.28. The molecule has 5 nitrogen and oxygen atoms in total. The molecule has 0 atom stereocenters. The number of nitrogens with zero attached hydrogens (tertiary/aromatic N) is 3. The number of piperazine rings is 1. The number of benzene rings is 1. The number of hydrogen-bond acceptors (Lipinski definition) is 3. The number of carbonyl (C=O) groups excluding carboxylic acids is 2. The van der Waals surface area contributed by atoms with E-state index >= 15 is 0 Å². The molecule has 0 radical (unpaired) electrons. The maximum absolute atomic E-state index is 13.2. The van der Waals surface area contributed by atoms with Crippen LogP contribution in [0.15, 0.2) is 30.3 Å². The molecule has 2 fully saturated rings. The van der Waals surface area contributed by atoms with E-state index in [2.05, 4.69) is 4.90 Å². The Morgan fingerprint density at radius 1 is 0.926 bits per heavy atom. The first kappa shape index (κ1) is 19.5. The van der Waals surface area contributed by atoms with Gasteiger partial charge >= 0.3 is 0 Å². The Morgan fingerprint density at radius 2 is 1.63 bits per heavy atom. The summed E-state index contributed by atoms with van der Waals surface area (Å²) < 4.78 is 13.2. The van der Waals surface area contributed by atoms with E-state index in [4.69, 9.17) is 0 Å². The molecule has 0 N–H and O–H groups in total. The lowest BCUT2D eigenvalue weighted by Crippen LogP contribution is -2.51. The standard InChI is InChI=1S/C21H28FN3O2/c22-19-7-5-6-18(16-19)8-9-20(26)25-14-12-23(13-15-25)17-21(27)24-10-3-1-2-4-11-24/h5-9,16H,1-4,10-15,17H2/b9-8+. The summed E-state index contributed by atoms with van der Waals surface area (Å²) in [6.45, 7) is 4.84.